The van der Waals surface area contributed by atoms with Crippen molar-refractivity contribution in [3.05, 3.63) is 22.2 Å². The lowest BCUT2D eigenvalue weighted by Gasteiger charge is -2.27. The van der Waals surface area contributed by atoms with E-state index in [0.717, 1.165) is 26.2 Å². The Morgan fingerprint density at radius 3 is 2.89 bits per heavy atom. The molecule has 98 valence electrons. The van der Waals surface area contributed by atoms with Crippen molar-refractivity contribution >= 4 is 11.7 Å². The number of rotatable bonds is 3. The van der Waals surface area contributed by atoms with E-state index in [0.29, 0.717) is 11.6 Å². The summed E-state index contributed by atoms with van der Waals surface area (Å²) in [5.41, 5.74) is -0.223. The molecule has 0 spiro atoms. The van der Waals surface area contributed by atoms with Gasteiger partial charge in [-0.25, -0.2) is 4.98 Å². The van der Waals surface area contributed by atoms with Gasteiger partial charge in [0.15, 0.2) is 0 Å². The number of nitrogens with one attached hydrogen (secondary N) is 3. The molecule has 0 atom stereocenters. The third-order valence-corrected chi connectivity index (χ3v) is 2.75. The molecule has 1 aromatic rings. The van der Waals surface area contributed by atoms with Crippen molar-refractivity contribution in [2.45, 2.75) is 6.92 Å². The Labute approximate surface area is 105 Å². The first kappa shape index (κ1) is 12.6. The molecule has 1 aliphatic heterocycles. The minimum Gasteiger partial charge on any atom is -0.361 e. The van der Waals surface area contributed by atoms with Crippen LogP contribution in [0.2, 0.25) is 0 Å². The minimum absolute atomic E-state index is 0.0243. The van der Waals surface area contributed by atoms with Gasteiger partial charge < -0.3 is 20.5 Å². The van der Waals surface area contributed by atoms with E-state index in [-0.39, 0.29) is 18.0 Å². The molecule has 1 amide bonds. The standard InChI is InChI=1S/C11H17N5O2/c1-8-14-9(6-10(17)15-8)13-7-11(18)16-4-2-12-3-5-16/h6,12H,2-5,7H2,1H3,(H2,13,14,15,17). The van der Waals surface area contributed by atoms with Gasteiger partial charge in [-0.05, 0) is 6.92 Å². The van der Waals surface area contributed by atoms with Crippen molar-refractivity contribution in [1.82, 2.24) is 20.2 Å². The molecule has 1 aromatic heterocycles. The number of carbonyl (C=O) groups excluding carboxylic acids is 1. The Bertz CT molecular complexity index is 479. The third kappa shape index (κ3) is 3.30. The van der Waals surface area contributed by atoms with Gasteiger partial charge in [0, 0.05) is 32.2 Å². The average molecular weight is 251 g/mol. The van der Waals surface area contributed by atoms with Gasteiger partial charge in [-0.3, -0.25) is 9.59 Å². The van der Waals surface area contributed by atoms with Crippen LogP contribution in [0.1, 0.15) is 5.82 Å². The first-order valence-electron chi connectivity index (χ1n) is 5.95. The van der Waals surface area contributed by atoms with Gasteiger partial charge in [-0.1, -0.05) is 0 Å². The van der Waals surface area contributed by atoms with Gasteiger partial charge in [0.25, 0.3) is 5.56 Å². The molecule has 0 aliphatic carbocycles. The van der Waals surface area contributed by atoms with Crippen LogP contribution in [0.5, 0.6) is 0 Å². The number of aryl methyl sites for hydroxylation is 1. The van der Waals surface area contributed by atoms with Crippen LogP contribution in [0.4, 0.5) is 5.82 Å². The molecule has 18 heavy (non-hydrogen) atoms. The van der Waals surface area contributed by atoms with E-state index in [1.807, 2.05) is 0 Å². The van der Waals surface area contributed by atoms with Gasteiger partial charge in [0.05, 0.1) is 6.54 Å². The second kappa shape index (κ2) is 5.63. The van der Waals surface area contributed by atoms with Gasteiger partial charge in [-0.2, -0.15) is 0 Å². The van der Waals surface area contributed by atoms with Crippen LogP contribution in [0, 0.1) is 6.92 Å². The second-order valence-corrected chi connectivity index (χ2v) is 4.20. The fourth-order valence-corrected chi connectivity index (χ4v) is 1.86. The van der Waals surface area contributed by atoms with E-state index >= 15 is 0 Å². The number of amides is 1. The van der Waals surface area contributed by atoms with Gasteiger partial charge >= 0.3 is 0 Å². The summed E-state index contributed by atoms with van der Waals surface area (Å²) < 4.78 is 0. The number of nitrogens with zero attached hydrogens (tertiary/aromatic N) is 2. The van der Waals surface area contributed by atoms with Crippen LogP contribution in [0.25, 0.3) is 0 Å². The number of hydrogen-bond donors (Lipinski definition) is 3. The van der Waals surface area contributed by atoms with Crippen molar-refractivity contribution in [2.75, 3.05) is 38.0 Å². The highest BCUT2D eigenvalue weighted by Crippen LogP contribution is 1.99. The molecule has 1 saturated heterocycles. The maximum Gasteiger partial charge on any atom is 0.252 e. The molecule has 7 heteroatoms. The maximum absolute atomic E-state index is 11.9. The summed E-state index contributed by atoms with van der Waals surface area (Å²) in [6.07, 6.45) is 0. The van der Waals surface area contributed by atoms with Crippen LogP contribution in [-0.2, 0) is 4.79 Å². The largest absolute Gasteiger partial charge is 0.361 e. The van der Waals surface area contributed by atoms with Crippen molar-refractivity contribution < 1.29 is 4.79 Å². The quantitative estimate of drug-likeness (QED) is 0.636. The zero-order chi connectivity index (χ0) is 13.0. The fraction of sp³-hybridized carbons (Fsp3) is 0.545. The number of piperazine rings is 1. The summed E-state index contributed by atoms with van der Waals surface area (Å²) in [5, 5.41) is 6.07. The summed E-state index contributed by atoms with van der Waals surface area (Å²) in [5.74, 6) is 0.982. The molecular weight excluding hydrogens is 234 g/mol. The van der Waals surface area contributed by atoms with Crippen LogP contribution < -0.4 is 16.2 Å². The van der Waals surface area contributed by atoms with Gasteiger partial charge in [-0.15, -0.1) is 0 Å². The van der Waals surface area contributed by atoms with E-state index < -0.39 is 0 Å². The topological polar surface area (TPSA) is 90.1 Å². The third-order valence-electron chi connectivity index (χ3n) is 2.75. The second-order valence-electron chi connectivity index (χ2n) is 4.20. The summed E-state index contributed by atoms with van der Waals surface area (Å²) >= 11 is 0. The van der Waals surface area contributed by atoms with Crippen LogP contribution in [0.15, 0.2) is 10.9 Å². The highest BCUT2D eigenvalue weighted by Gasteiger charge is 2.15. The number of aromatic nitrogens is 2. The Balaban J connectivity index is 1.90. The lowest BCUT2D eigenvalue weighted by atomic mass is 10.3. The Morgan fingerprint density at radius 2 is 2.22 bits per heavy atom. The summed E-state index contributed by atoms with van der Waals surface area (Å²) in [4.78, 5) is 31.5. The molecule has 1 aliphatic rings. The monoisotopic (exact) mass is 251 g/mol. The molecule has 2 rings (SSSR count). The van der Waals surface area contributed by atoms with Crippen molar-refractivity contribution in [3.8, 4) is 0 Å². The Morgan fingerprint density at radius 1 is 1.50 bits per heavy atom. The van der Waals surface area contributed by atoms with E-state index in [2.05, 4.69) is 20.6 Å². The predicted molar refractivity (Wildman–Crippen MR) is 67.5 cm³/mol. The van der Waals surface area contributed by atoms with Crippen molar-refractivity contribution in [1.29, 1.82) is 0 Å². The molecule has 2 heterocycles. The predicted octanol–water partition coefficient (Wildman–Crippen LogP) is -1.08. The highest BCUT2D eigenvalue weighted by molar-refractivity contribution is 5.80. The SMILES string of the molecule is Cc1nc(NCC(=O)N2CCNCC2)cc(=O)[nH]1. The Hall–Kier alpha value is -1.89. The van der Waals surface area contributed by atoms with E-state index in [1.54, 1.807) is 11.8 Å². The van der Waals surface area contributed by atoms with E-state index in [1.165, 1.54) is 6.07 Å². The molecule has 0 bridgehead atoms. The molecule has 0 radical (unpaired) electrons. The number of aromatic amines is 1. The molecule has 0 saturated carbocycles. The highest BCUT2D eigenvalue weighted by atomic mass is 16.2. The van der Waals surface area contributed by atoms with E-state index in [9.17, 15) is 9.59 Å². The van der Waals surface area contributed by atoms with E-state index in [4.69, 9.17) is 0 Å². The average Bonchev–Trinajstić information content (AvgIpc) is 2.36. The lowest BCUT2D eigenvalue weighted by molar-refractivity contribution is -0.129. The van der Waals surface area contributed by atoms with Crippen LogP contribution in [-0.4, -0.2) is 53.5 Å². The van der Waals surface area contributed by atoms with Crippen molar-refractivity contribution in [3.63, 3.8) is 0 Å². The number of carbonyl (C=O) groups is 1. The molecule has 0 aromatic carbocycles. The molecular formula is C11H17N5O2. The summed E-state index contributed by atoms with van der Waals surface area (Å²) in [6.45, 7) is 4.97. The zero-order valence-corrected chi connectivity index (χ0v) is 10.3. The Kier molecular flexibility index (Phi) is 3.93. The zero-order valence-electron chi connectivity index (χ0n) is 10.3. The molecule has 7 nitrogen and oxygen atoms in total. The lowest BCUT2D eigenvalue weighted by Crippen LogP contribution is -2.48. The summed E-state index contributed by atoms with van der Waals surface area (Å²) in [6, 6.07) is 1.35. The molecule has 0 unspecified atom stereocenters. The summed E-state index contributed by atoms with van der Waals surface area (Å²) in [7, 11) is 0. The number of hydrogen-bond acceptors (Lipinski definition) is 5. The van der Waals surface area contributed by atoms with Gasteiger partial charge in [0.2, 0.25) is 5.91 Å². The van der Waals surface area contributed by atoms with Gasteiger partial charge in [0.1, 0.15) is 11.6 Å². The maximum atomic E-state index is 11.9. The van der Waals surface area contributed by atoms with Crippen LogP contribution >= 0.6 is 0 Å². The van der Waals surface area contributed by atoms with Crippen molar-refractivity contribution in [2.24, 2.45) is 0 Å². The first-order valence-corrected chi connectivity index (χ1v) is 5.95. The first-order chi connectivity index (χ1) is 8.65. The number of anilines is 1. The molecule has 3 N–H and O–H groups in total. The number of H-pyrrole nitrogens is 1. The fourth-order valence-electron chi connectivity index (χ4n) is 1.86. The minimum atomic E-state index is -0.223. The normalized spacial score (nSPS) is 15.5. The molecule has 1 fully saturated rings. The van der Waals surface area contributed by atoms with Crippen LogP contribution in [0.3, 0.4) is 0 Å². The smallest absolute Gasteiger partial charge is 0.252 e.